The number of amides is 1. The van der Waals surface area contributed by atoms with Gasteiger partial charge in [0.2, 0.25) is 0 Å². The lowest BCUT2D eigenvalue weighted by Crippen LogP contribution is -2.41. The normalized spacial score (nSPS) is 18.0. The molecule has 1 fully saturated rings. The summed E-state index contributed by atoms with van der Waals surface area (Å²) in [4.78, 5) is 26.7. The summed E-state index contributed by atoms with van der Waals surface area (Å²) in [5.74, 6) is 0.113. The smallest absolute Gasteiger partial charge is 0.256 e. The van der Waals surface area contributed by atoms with Gasteiger partial charge in [-0.3, -0.25) is 9.59 Å². The Bertz CT molecular complexity index is 504. The number of hydrogen-bond acceptors (Lipinski definition) is 3. The van der Waals surface area contributed by atoms with Crippen molar-refractivity contribution in [2.24, 2.45) is 5.92 Å². The van der Waals surface area contributed by atoms with Crippen LogP contribution >= 0.6 is 0 Å². The number of rotatable bonds is 3. The summed E-state index contributed by atoms with van der Waals surface area (Å²) in [6, 6.07) is 1.49. The molecule has 19 heavy (non-hydrogen) atoms. The van der Waals surface area contributed by atoms with Gasteiger partial charge in [0.1, 0.15) is 5.56 Å². The summed E-state index contributed by atoms with van der Waals surface area (Å²) in [5.41, 5.74) is 0.677. The number of nitrogens with one attached hydrogen (secondary N) is 2. The van der Waals surface area contributed by atoms with E-state index in [2.05, 4.69) is 10.3 Å². The van der Waals surface area contributed by atoms with Gasteiger partial charge in [-0.15, -0.1) is 0 Å². The summed E-state index contributed by atoms with van der Waals surface area (Å²) in [6.07, 6.45) is 3.38. The van der Waals surface area contributed by atoms with Gasteiger partial charge in [-0.05, 0) is 32.6 Å². The first-order chi connectivity index (χ1) is 9.08. The van der Waals surface area contributed by atoms with Gasteiger partial charge in [0.05, 0.1) is 0 Å². The molecule has 1 aromatic heterocycles. The molecule has 2 rings (SSSR count). The van der Waals surface area contributed by atoms with E-state index >= 15 is 0 Å². The molecule has 0 radical (unpaired) electrons. The molecule has 1 amide bonds. The minimum Gasteiger partial charge on any atom is -0.381 e. The quantitative estimate of drug-likeness (QED) is 0.862. The molecular weight excluding hydrogens is 244 g/mol. The lowest BCUT2D eigenvalue weighted by Gasteiger charge is -2.28. The summed E-state index contributed by atoms with van der Waals surface area (Å²) in [6.45, 7) is 5.26. The van der Waals surface area contributed by atoms with Crippen LogP contribution in [0, 0.1) is 12.8 Å². The van der Waals surface area contributed by atoms with Gasteiger partial charge in [0.25, 0.3) is 5.91 Å². The van der Waals surface area contributed by atoms with Crippen molar-refractivity contribution in [2.45, 2.75) is 32.7 Å². The zero-order valence-electron chi connectivity index (χ0n) is 11.4. The van der Waals surface area contributed by atoms with Crippen LogP contribution in [0.25, 0.3) is 0 Å². The second-order valence-corrected chi connectivity index (χ2v) is 5.11. The third-order valence-corrected chi connectivity index (χ3v) is 3.63. The van der Waals surface area contributed by atoms with Crippen molar-refractivity contribution in [1.29, 1.82) is 0 Å². The molecule has 1 aromatic rings. The van der Waals surface area contributed by atoms with Gasteiger partial charge in [-0.1, -0.05) is 0 Å². The van der Waals surface area contributed by atoms with Crippen LogP contribution in [0.4, 0.5) is 0 Å². The monoisotopic (exact) mass is 264 g/mol. The van der Waals surface area contributed by atoms with Crippen molar-refractivity contribution in [3.63, 3.8) is 0 Å². The molecule has 1 aliphatic heterocycles. The Labute approximate surface area is 112 Å². The molecule has 0 aliphatic carbocycles. The highest BCUT2D eigenvalue weighted by Gasteiger charge is 2.22. The number of H-pyrrole nitrogens is 1. The second-order valence-electron chi connectivity index (χ2n) is 5.11. The summed E-state index contributed by atoms with van der Waals surface area (Å²) in [5, 5.41) is 2.91. The van der Waals surface area contributed by atoms with Crippen LogP contribution in [0.2, 0.25) is 0 Å². The highest BCUT2D eigenvalue weighted by Crippen LogP contribution is 2.18. The van der Waals surface area contributed by atoms with Gasteiger partial charge >= 0.3 is 0 Å². The highest BCUT2D eigenvalue weighted by molar-refractivity contribution is 5.93. The first-order valence-corrected chi connectivity index (χ1v) is 6.66. The third kappa shape index (κ3) is 3.44. The average Bonchev–Trinajstić information content (AvgIpc) is 2.39. The Kier molecular flexibility index (Phi) is 4.37. The number of ether oxygens (including phenoxy) is 1. The molecule has 1 atom stereocenters. The first-order valence-electron chi connectivity index (χ1n) is 6.66. The molecule has 1 saturated heterocycles. The number of carbonyl (C=O) groups excluding carboxylic acids is 1. The Balaban J connectivity index is 2.01. The maximum Gasteiger partial charge on any atom is 0.256 e. The van der Waals surface area contributed by atoms with Crippen molar-refractivity contribution in [3.05, 3.63) is 33.7 Å². The van der Waals surface area contributed by atoms with Crippen LogP contribution in [0.5, 0.6) is 0 Å². The Morgan fingerprint density at radius 1 is 1.47 bits per heavy atom. The van der Waals surface area contributed by atoms with Crippen molar-refractivity contribution in [1.82, 2.24) is 10.3 Å². The van der Waals surface area contributed by atoms with Crippen molar-refractivity contribution in [3.8, 4) is 0 Å². The van der Waals surface area contributed by atoms with Crippen LogP contribution in [0.3, 0.4) is 0 Å². The Morgan fingerprint density at radius 2 is 2.16 bits per heavy atom. The zero-order chi connectivity index (χ0) is 13.8. The van der Waals surface area contributed by atoms with Gasteiger partial charge in [0.15, 0.2) is 5.43 Å². The summed E-state index contributed by atoms with van der Waals surface area (Å²) >= 11 is 0. The fourth-order valence-corrected chi connectivity index (χ4v) is 2.37. The standard InChI is InChI=1S/C14H20N2O3/c1-9-7-13(17)12(8-15-9)14(18)16-10(2)11-3-5-19-6-4-11/h7-8,10-11H,3-6H2,1-2H3,(H,15,17)(H,16,18). The zero-order valence-corrected chi connectivity index (χ0v) is 11.4. The lowest BCUT2D eigenvalue weighted by atomic mass is 9.93. The first kappa shape index (κ1) is 13.8. The van der Waals surface area contributed by atoms with Gasteiger partial charge in [-0.2, -0.15) is 0 Å². The van der Waals surface area contributed by atoms with E-state index in [1.807, 2.05) is 6.92 Å². The molecule has 0 bridgehead atoms. The minimum absolute atomic E-state index is 0.0529. The molecule has 0 spiro atoms. The molecule has 2 N–H and O–H groups in total. The number of aromatic nitrogens is 1. The molecule has 0 saturated carbocycles. The van der Waals surface area contributed by atoms with Crippen molar-refractivity contribution in [2.75, 3.05) is 13.2 Å². The van der Waals surface area contributed by atoms with Crippen molar-refractivity contribution >= 4 is 5.91 Å². The number of pyridine rings is 1. The highest BCUT2D eigenvalue weighted by atomic mass is 16.5. The number of aromatic amines is 1. The van der Waals surface area contributed by atoms with E-state index in [1.54, 1.807) is 6.92 Å². The number of hydrogen-bond donors (Lipinski definition) is 2. The SMILES string of the molecule is Cc1cc(=O)c(C(=O)NC(C)C2CCOCC2)c[nH]1. The topological polar surface area (TPSA) is 71.2 Å². The number of carbonyl (C=O) groups is 1. The molecule has 1 unspecified atom stereocenters. The molecule has 5 heteroatoms. The third-order valence-electron chi connectivity index (χ3n) is 3.63. The maximum absolute atomic E-state index is 12.1. The van der Waals surface area contributed by atoms with E-state index in [0.717, 1.165) is 31.7 Å². The van der Waals surface area contributed by atoms with E-state index in [4.69, 9.17) is 4.74 Å². The van der Waals surface area contributed by atoms with Crippen LogP contribution in [0.15, 0.2) is 17.1 Å². The number of aryl methyl sites for hydroxylation is 1. The van der Waals surface area contributed by atoms with E-state index in [-0.39, 0.29) is 22.9 Å². The fourth-order valence-electron chi connectivity index (χ4n) is 2.37. The second kappa shape index (κ2) is 6.02. The van der Waals surface area contributed by atoms with E-state index in [9.17, 15) is 9.59 Å². The van der Waals surface area contributed by atoms with E-state index in [0.29, 0.717) is 5.92 Å². The lowest BCUT2D eigenvalue weighted by molar-refractivity contribution is 0.0538. The molecule has 5 nitrogen and oxygen atoms in total. The predicted octanol–water partition coefficient (Wildman–Crippen LogP) is 1.23. The van der Waals surface area contributed by atoms with Crippen LogP contribution in [0.1, 0.15) is 35.8 Å². The van der Waals surface area contributed by atoms with Gasteiger partial charge < -0.3 is 15.0 Å². The van der Waals surface area contributed by atoms with Gasteiger partial charge in [0, 0.05) is 37.2 Å². The molecule has 104 valence electrons. The van der Waals surface area contributed by atoms with Crippen LogP contribution < -0.4 is 10.7 Å². The Hall–Kier alpha value is -1.62. The minimum atomic E-state index is -0.305. The molecule has 1 aliphatic rings. The van der Waals surface area contributed by atoms with Gasteiger partial charge in [-0.25, -0.2) is 0 Å². The molecule has 2 heterocycles. The maximum atomic E-state index is 12.1. The largest absolute Gasteiger partial charge is 0.381 e. The van der Waals surface area contributed by atoms with Crippen LogP contribution in [-0.2, 0) is 4.74 Å². The predicted molar refractivity (Wildman–Crippen MR) is 72.3 cm³/mol. The fraction of sp³-hybridized carbons (Fsp3) is 0.571. The average molecular weight is 264 g/mol. The van der Waals surface area contributed by atoms with E-state index < -0.39 is 0 Å². The Morgan fingerprint density at radius 3 is 2.79 bits per heavy atom. The summed E-state index contributed by atoms with van der Waals surface area (Å²) < 4.78 is 5.30. The van der Waals surface area contributed by atoms with Crippen LogP contribution in [-0.4, -0.2) is 30.1 Å². The molecular formula is C14H20N2O3. The summed E-state index contributed by atoms with van der Waals surface area (Å²) in [7, 11) is 0. The van der Waals surface area contributed by atoms with E-state index in [1.165, 1.54) is 12.3 Å². The molecule has 0 aromatic carbocycles. The van der Waals surface area contributed by atoms with Crippen molar-refractivity contribution < 1.29 is 9.53 Å².